The summed E-state index contributed by atoms with van der Waals surface area (Å²) >= 11 is 0. The second kappa shape index (κ2) is 11.5. The average Bonchev–Trinajstić information content (AvgIpc) is 2.60. The molecule has 0 aromatic heterocycles. The van der Waals surface area contributed by atoms with Gasteiger partial charge in [-0.25, -0.2) is 0 Å². The molecule has 1 rings (SSSR count). The van der Waals surface area contributed by atoms with E-state index in [0.717, 1.165) is 29.9 Å². The first kappa shape index (κ1) is 21.0. The van der Waals surface area contributed by atoms with Gasteiger partial charge in [0.2, 0.25) is 5.91 Å². The smallest absolute Gasteiger partial charge is 0.223 e. The highest BCUT2D eigenvalue weighted by Crippen LogP contribution is 2.16. The Bertz CT molecular complexity index is 550. The Hall–Kier alpha value is -2.07. The minimum Gasteiger partial charge on any atom is -0.493 e. The molecule has 0 unspecified atom stereocenters. The summed E-state index contributed by atoms with van der Waals surface area (Å²) in [6.45, 7) is 14.5. The number of rotatable bonds is 12. The van der Waals surface area contributed by atoms with E-state index >= 15 is 0 Å². The van der Waals surface area contributed by atoms with E-state index in [1.807, 2.05) is 36.2 Å². The van der Waals surface area contributed by atoms with Gasteiger partial charge in [0.05, 0.1) is 6.61 Å². The van der Waals surface area contributed by atoms with Gasteiger partial charge in [-0.1, -0.05) is 45.2 Å². The first-order valence-electron chi connectivity index (χ1n) is 8.90. The quantitative estimate of drug-likeness (QED) is 0.463. The molecule has 1 amide bonds. The van der Waals surface area contributed by atoms with Crippen LogP contribution in [0.1, 0.15) is 32.3 Å². The summed E-state index contributed by atoms with van der Waals surface area (Å²) in [5.41, 5.74) is 1.93. The number of hydrogen-bond acceptors (Lipinski definition) is 3. The molecule has 4 nitrogen and oxygen atoms in total. The normalized spacial score (nSPS) is 10.6. The van der Waals surface area contributed by atoms with Crippen LogP contribution in [0.5, 0.6) is 5.75 Å². The van der Waals surface area contributed by atoms with E-state index in [2.05, 4.69) is 32.3 Å². The van der Waals surface area contributed by atoms with Crippen LogP contribution in [0.25, 0.3) is 0 Å². The maximum atomic E-state index is 12.5. The minimum atomic E-state index is 0.137. The molecule has 25 heavy (non-hydrogen) atoms. The van der Waals surface area contributed by atoms with Crippen LogP contribution >= 0.6 is 0 Å². The largest absolute Gasteiger partial charge is 0.493 e. The lowest BCUT2D eigenvalue weighted by atomic mass is 10.1. The topological polar surface area (TPSA) is 41.6 Å². The molecule has 0 heterocycles. The van der Waals surface area contributed by atoms with E-state index in [1.165, 1.54) is 0 Å². The highest BCUT2D eigenvalue weighted by molar-refractivity contribution is 5.76. The lowest BCUT2D eigenvalue weighted by Gasteiger charge is -2.23. The number of carbonyl (C=O) groups is 1. The molecular weight excluding hydrogens is 312 g/mol. The maximum Gasteiger partial charge on any atom is 0.223 e. The van der Waals surface area contributed by atoms with E-state index in [0.29, 0.717) is 32.0 Å². The maximum absolute atomic E-state index is 12.5. The number of amides is 1. The number of hydrogen-bond donors (Lipinski definition) is 1. The minimum absolute atomic E-state index is 0.137. The molecule has 0 aliphatic heterocycles. The van der Waals surface area contributed by atoms with Gasteiger partial charge in [-0.3, -0.25) is 4.79 Å². The molecule has 0 fully saturated rings. The van der Waals surface area contributed by atoms with E-state index in [4.69, 9.17) is 4.74 Å². The summed E-state index contributed by atoms with van der Waals surface area (Å²) in [6, 6.07) is 7.95. The van der Waals surface area contributed by atoms with Crippen molar-refractivity contribution in [1.29, 1.82) is 0 Å². The van der Waals surface area contributed by atoms with Crippen LogP contribution in [-0.2, 0) is 11.3 Å². The zero-order chi connectivity index (χ0) is 18.7. The van der Waals surface area contributed by atoms with Gasteiger partial charge in [-0.05, 0) is 49.2 Å². The Kier molecular flexibility index (Phi) is 9.63. The summed E-state index contributed by atoms with van der Waals surface area (Å²) in [7, 11) is 1.89. The van der Waals surface area contributed by atoms with Crippen molar-refractivity contribution in [3.8, 4) is 5.75 Å². The third-order valence-electron chi connectivity index (χ3n) is 3.73. The van der Waals surface area contributed by atoms with Crippen molar-refractivity contribution in [2.45, 2.75) is 33.2 Å². The van der Waals surface area contributed by atoms with Gasteiger partial charge in [0.1, 0.15) is 5.75 Å². The molecule has 0 bridgehead atoms. The Morgan fingerprint density at radius 3 is 2.56 bits per heavy atom. The van der Waals surface area contributed by atoms with Gasteiger partial charge in [0.15, 0.2) is 0 Å². The zero-order valence-electron chi connectivity index (χ0n) is 15.9. The van der Waals surface area contributed by atoms with Crippen molar-refractivity contribution in [2.24, 2.45) is 5.92 Å². The molecule has 0 saturated heterocycles. The summed E-state index contributed by atoms with van der Waals surface area (Å²) in [5.74, 6) is 1.49. The predicted molar refractivity (Wildman–Crippen MR) is 105 cm³/mol. The Morgan fingerprint density at radius 1 is 1.32 bits per heavy atom. The molecule has 0 spiro atoms. The van der Waals surface area contributed by atoms with E-state index in [-0.39, 0.29) is 5.91 Å². The molecule has 138 valence electrons. The molecule has 4 heteroatoms. The predicted octanol–water partition coefficient (Wildman–Crippen LogP) is 3.79. The summed E-state index contributed by atoms with van der Waals surface area (Å²) < 4.78 is 5.71. The van der Waals surface area contributed by atoms with Crippen LogP contribution in [0, 0.1) is 5.92 Å². The molecule has 0 radical (unpaired) electrons. The number of benzene rings is 1. The lowest BCUT2D eigenvalue weighted by Crippen LogP contribution is -2.32. The molecular formula is C21H32N2O2. The van der Waals surface area contributed by atoms with Gasteiger partial charge in [-0.15, -0.1) is 0 Å². The second-order valence-electron chi connectivity index (χ2n) is 6.67. The van der Waals surface area contributed by atoms with Crippen LogP contribution in [-0.4, -0.2) is 37.6 Å². The van der Waals surface area contributed by atoms with Crippen LogP contribution in [0.3, 0.4) is 0 Å². The molecule has 1 aromatic rings. The van der Waals surface area contributed by atoms with E-state index in [9.17, 15) is 4.79 Å². The molecule has 0 aliphatic carbocycles. The third-order valence-corrected chi connectivity index (χ3v) is 3.73. The molecule has 1 N–H and O–H groups in total. The fourth-order valence-electron chi connectivity index (χ4n) is 2.29. The third kappa shape index (κ3) is 8.54. The molecule has 0 aliphatic rings. The highest BCUT2D eigenvalue weighted by Gasteiger charge is 2.14. The van der Waals surface area contributed by atoms with Crippen molar-refractivity contribution in [2.75, 3.05) is 26.7 Å². The fourth-order valence-corrected chi connectivity index (χ4v) is 2.29. The Balaban J connectivity index is 2.70. The van der Waals surface area contributed by atoms with E-state index < -0.39 is 0 Å². The number of nitrogens with zero attached hydrogens (tertiary/aromatic N) is 1. The zero-order valence-corrected chi connectivity index (χ0v) is 15.9. The van der Waals surface area contributed by atoms with Crippen molar-refractivity contribution in [3.63, 3.8) is 0 Å². The average molecular weight is 344 g/mol. The SMILES string of the molecule is C=CC(=C)CN(Cc1ccc(OCC(C)C)cc1)C(=O)CCCNC. The van der Waals surface area contributed by atoms with Crippen molar-refractivity contribution < 1.29 is 9.53 Å². The van der Waals surface area contributed by atoms with Gasteiger partial charge < -0.3 is 15.0 Å². The monoisotopic (exact) mass is 344 g/mol. The molecule has 0 saturated carbocycles. The van der Waals surface area contributed by atoms with Gasteiger partial charge in [-0.2, -0.15) is 0 Å². The number of ether oxygens (including phenoxy) is 1. The first-order chi connectivity index (χ1) is 12.0. The molecule has 0 atom stereocenters. The van der Waals surface area contributed by atoms with E-state index in [1.54, 1.807) is 6.08 Å². The van der Waals surface area contributed by atoms with Crippen LogP contribution < -0.4 is 10.1 Å². The van der Waals surface area contributed by atoms with Gasteiger partial charge in [0.25, 0.3) is 0 Å². The highest BCUT2D eigenvalue weighted by atomic mass is 16.5. The standard InChI is InChI=1S/C21H32N2O2/c1-6-18(4)14-23(21(24)8-7-13-22-5)15-19-9-11-20(12-10-19)25-16-17(2)3/h6,9-12,17,22H,1,4,7-8,13-16H2,2-3,5H3. The van der Waals surface area contributed by atoms with Gasteiger partial charge >= 0.3 is 0 Å². The lowest BCUT2D eigenvalue weighted by molar-refractivity contribution is -0.131. The summed E-state index contributed by atoms with van der Waals surface area (Å²) in [5, 5.41) is 3.07. The summed E-state index contributed by atoms with van der Waals surface area (Å²) in [4.78, 5) is 14.4. The second-order valence-corrected chi connectivity index (χ2v) is 6.67. The number of nitrogens with one attached hydrogen (secondary N) is 1. The Morgan fingerprint density at radius 2 is 2.00 bits per heavy atom. The van der Waals surface area contributed by atoms with Crippen molar-refractivity contribution in [3.05, 3.63) is 54.6 Å². The van der Waals surface area contributed by atoms with Crippen LogP contribution in [0.4, 0.5) is 0 Å². The molecule has 1 aromatic carbocycles. The number of carbonyl (C=O) groups excluding carboxylic acids is 1. The Labute approximate surface area is 152 Å². The van der Waals surface area contributed by atoms with Gasteiger partial charge in [0, 0.05) is 19.5 Å². The first-order valence-corrected chi connectivity index (χ1v) is 8.90. The fraction of sp³-hybridized carbons (Fsp3) is 0.476. The van der Waals surface area contributed by atoms with Crippen molar-refractivity contribution in [1.82, 2.24) is 10.2 Å². The van der Waals surface area contributed by atoms with Crippen LogP contribution in [0.15, 0.2) is 49.1 Å². The summed E-state index contributed by atoms with van der Waals surface area (Å²) in [6.07, 6.45) is 3.06. The van der Waals surface area contributed by atoms with Crippen molar-refractivity contribution >= 4 is 5.91 Å². The van der Waals surface area contributed by atoms with Crippen LogP contribution in [0.2, 0.25) is 0 Å².